The number of hydrogen-bond donors (Lipinski definition) is 1. The van der Waals surface area contributed by atoms with Crippen molar-refractivity contribution in [2.24, 2.45) is 0 Å². The minimum Gasteiger partial charge on any atom is -0.382 e. The number of carbonyl (C=O) groups is 1. The highest BCUT2D eigenvalue weighted by molar-refractivity contribution is 6.02. The number of ketones is 1. The molecule has 0 bridgehead atoms. The summed E-state index contributed by atoms with van der Waals surface area (Å²) in [6.07, 6.45) is 6.31. The number of rotatable bonds is 3. The molecule has 2 heteroatoms. The van der Waals surface area contributed by atoms with E-state index in [0.717, 1.165) is 37.7 Å². The fraction of sp³-hybridized carbons (Fsp3) is 0.562. The molecule has 0 amide bonds. The monoisotopic (exact) mass is 246 g/mol. The highest BCUT2D eigenvalue weighted by atomic mass is 16.3. The minimum absolute atomic E-state index is 0.0836. The van der Waals surface area contributed by atoms with Crippen molar-refractivity contribution in [2.45, 2.75) is 57.5 Å². The molecule has 1 fully saturated rings. The minimum atomic E-state index is -1.12. The molecule has 1 N–H and O–H groups in total. The van der Waals surface area contributed by atoms with Gasteiger partial charge >= 0.3 is 0 Å². The van der Waals surface area contributed by atoms with Crippen LogP contribution in [0.5, 0.6) is 0 Å². The van der Waals surface area contributed by atoms with Crippen LogP contribution in [0.15, 0.2) is 24.3 Å². The fourth-order valence-electron chi connectivity index (χ4n) is 2.74. The van der Waals surface area contributed by atoms with Crippen LogP contribution in [0.1, 0.15) is 61.4 Å². The molecular formula is C16H22O2. The molecule has 0 spiro atoms. The van der Waals surface area contributed by atoms with E-state index in [1.54, 1.807) is 0 Å². The average molecular weight is 246 g/mol. The maximum atomic E-state index is 12.5. The molecule has 1 aromatic carbocycles. The van der Waals surface area contributed by atoms with Gasteiger partial charge in [-0.15, -0.1) is 0 Å². The molecule has 0 aromatic heterocycles. The van der Waals surface area contributed by atoms with E-state index in [1.807, 2.05) is 24.3 Å². The Morgan fingerprint density at radius 1 is 1.22 bits per heavy atom. The van der Waals surface area contributed by atoms with E-state index in [0.29, 0.717) is 18.4 Å². The third-order valence-electron chi connectivity index (χ3n) is 3.95. The van der Waals surface area contributed by atoms with E-state index in [1.165, 1.54) is 0 Å². The van der Waals surface area contributed by atoms with Crippen LogP contribution in [-0.4, -0.2) is 16.5 Å². The first-order valence-corrected chi connectivity index (χ1v) is 7.02. The van der Waals surface area contributed by atoms with E-state index in [9.17, 15) is 9.90 Å². The standard InChI is InChI=1S/C16H22O2/c1-2-13-8-7-9-14(12-13)15(17)16(18)10-5-3-4-6-11-16/h7-9,12,18H,2-6,10-11H2,1H3. The second kappa shape index (κ2) is 5.66. The molecule has 1 aliphatic rings. The van der Waals surface area contributed by atoms with E-state index in [2.05, 4.69) is 6.92 Å². The Morgan fingerprint density at radius 3 is 2.50 bits per heavy atom. The highest BCUT2D eigenvalue weighted by Crippen LogP contribution is 2.30. The molecule has 2 nitrogen and oxygen atoms in total. The van der Waals surface area contributed by atoms with Crippen molar-refractivity contribution < 1.29 is 9.90 Å². The van der Waals surface area contributed by atoms with Gasteiger partial charge in [-0.3, -0.25) is 4.79 Å². The zero-order chi connectivity index (χ0) is 13.0. The van der Waals surface area contributed by atoms with Crippen LogP contribution in [-0.2, 0) is 6.42 Å². The van der Waals surface area contributed by atoms with Crippen LogP contribution >= 0.6 is 0 Å². The average Bonchev–Trinajstić information content (AvgIpc) is 2.64. The summed E-state index contributed by atoms with van der Waals surface area (Å²) >= 11 is 0. The molecule has 0 atom stereocenters. The maximum Gasteiger partial charge on any atom is 0.194 e. The summed E-state index contributed by atoms with van der Waals surface area (Å²) in [5, 5.41) is 10.6. The molecule has 0 radical (unpaired) electrons. The first-order valence-electron chi connectivity index (χ1n) is 7.02. The predicted molar refractivity (Wildman–Crippen MR) is 72.8 cm³/mol. The summed E-state index contributed by atoms with van der Waals surface area (Å²) in [6.45, 7) is 2.07. The Balaban J connectivity index is 2.23. The number of aliphatic hydroxyl groups is 1. The van der Waals surface area contributed by atoms with Gasteiger partial charge in [0.1, 0.15) is 5.60 Å². The fourth-order valence-corrected chi connectivity index (χ4v) is 2.74. The van der Waals surface area contributed by atoms with Gasteiger partial charge in [-0.2, -0.15) is 0 Å². The second-order valence-corrected chi connectivity index (χ2v) is 5.33. The third-order valence-corrected chi connectivity index (χ3v) is 3.95. The van der Waals surface area contributed by atoms with Crippen molar-refractivity contribution in [1.82, 2.24) is 0 Å². The quantitative estimate of drug-likeness (QED) is 0.654. The van der Waals surface area contributed by atoms with Gasteiger partial charge in [0.15, 0.2) is 5.78 Å². The van der Waals surface area contributed by atoms with Crippen molar-refractivity contribution in [2.75, 3.05) is 0 Å². The molecule has 2 rings (SSSR count). The van der Waals surface area contributed by atoms with Gasteiger partial charge in [0.2, 0.25) is 0 Å². The molecule has 1 aliphatic carbocycles. The second-order valence-electron chi connectivity index (χ2n) is 5.33. The normalized spacial score (nSPS) is 19.2. The molecule has 98 valence electrons. The smallest absolute Gasteiger partial charge is 0.194 e. The third kappa shape index (κ3) is 2.81. The highest BCUT2D eigenvalue weighted by Gasteiger charge is 2.36. The number of aryl methyl sites for hydroxylation is 1. The Bertz CT molecular complexity index is 415. The number of benzene rings is 1. The molecule has 18 heavy (non-hydrogen) atoms. The lowest BCUT2D eigenvalue weighted by Crippen LogP contribution is -2.38. The lowest BCUT2D eigenvalue weighted by atomic mass is 9.85. The van der Waals surface area contributed by atoms with E-state index in [-0.39, 0.29) is 5.78 Å². The molecule has 1 aromatic rings. The van der Waals surface area contributed by atoms with Gasteiger partial charge in [-0.05, 0) is 30.9 Å². The van der Waals surface area contributed by atoms with Crippen molar-refractivity contribution in [3.63, 3.8) is 0 Å². The lowest BCUT2D eigenvalue weighted by Gasteiger charge is -2.25. The van der Waals surface area contributed by atoms with Gasteiger partial charge < -0.3 is 5.11 Å². The van der Waals surface area contributed by atoms with Crippen LogP contribution in [0.4, 0.5) is 0 Å². The molecule has 0 heterocycles. The zero-order valence-electron chi connectivity index (χ0n) is 11.1. The summed E-state index contributed by atoms with van der Waals surface area (Å²) in [6, 6.07) is 7.68. The Labute approximate surface area is 109 Å². The van der Waals surface area contributed by atoms with Gasteiger partial charge in [0.05, 0.1) is 0 Å². The first-order chi connectivity index (χ1) is 8.65. The van der Waals surface area contributed by atoms with Crippen LogP contribution in [0.3, 0.4) is 0 Å². The summed E-state index contributed by atoms with van der Waals surface area (Å²) in [7, 11) is 0. The van der Waals surface area contributed by atoms with Gasteiger partial charge in [0, 0.05) is 5.56 Å². The van der Waals surface area contributed by atoms with Crippen molar-refractivity contribution in [1.29, 1.82) is 0 Å². The van der Waals surface area contributed by atoms with Gasteiger partial charge in [0.25, 0.3) is 0 Å². The largest absolute Gasteiger partial charge is 0.382 e. The van der Waals surface area contributed by atoms with Crippen LogP contribution in [0, 0.1) is 0 Å². The van der Waals surface area contributed by atoms with E-state index >= 15 is 0 Å². The number of hydrogen-bond acceptors (Lipinski definition) is 2. The van der Waals surface area contributed by atoms with Crippen molar-refractivity contribution in [3.05, 3.63) is 35.4 Å². The maximum absolute atomic E-state index is 12.5. The zero-order valence-corrected chi connectivity index (χ0v) is 11.1. The summed E-state index contributed by atoms with van der Waals surface area (Å²) in [4.78, 5) is 12.5. The molecular weight excluding hydrogens is 224 g/mol. The SMILES string of the molecule is CCc1cccc(C(=O)C2(O)CCCCCC2)c1. The molecule has 1 saturated carbocycles. The lowest BCUT2D eigenvalue weighted by molar-refractivity contribution is 0.0238. The first kappa shape index (κ1) is 13.3. The topological polar surface area (TPSA) is 37.3 Å². The van der Waals surface area contributed by atoms with Crippen molar-refractivity contribution in [3.8, 4) is 0 Å². The van der Waals surface area contributed by atoms with Gasteiger partial charge in [-0.1, -0.05) is 50.8 Å². The Kier molecular flexibility index (Phi) is 4.18. The van der Waals surface area contributed by atoms with E-state index < -0.39 is 5.60 Å². The van der Waals surface area contributed by atoms with E-state index in [4.69, 9.17) is 0 Å². The van der Waals surface area contributed by atoms with Crippen LogP contribution < -0.4 is 0 Å². The Hall–Kier alpha value is -1.15. The van der Waals surface area contributed by atoms with Gasteiger partial charge in [-0.25, -0.2) is 0 Å². The van der Waals surface area contributed by atoms with Crippen LogP contribution in [0.2, 0.25) is 0 Å². The molecule has 0 unspecified atom stereocenters. The predicted octanol–water partition coefficient (Wildman–Crippen LogP) is 3.52. The summed E-state index contributed by atoms with van der Waals surface area (Å²) in [5.41, 5.74) is 0.694. The molecule has 0 aliphatic heterocycles. The number of Topliss-reactive ketones (excluding diaryl/α,β-unsaturated/α-hetero) is 1. The van der Waals surface area contributed by atoms with Crippen LogP contribution in [0.25, 0.3) is 0 Å². The molecule has 0 saturated heterocycles. The summed E-state index contributed by atoms with van der Waals surface area (Å²) < 4.78 is 0. The number of carbonyl (C=O) groups excluding carboxylic acids is 1. The Morgan fingerprint density at radius 2 is 1.89 bits per heavy atom. The van der Waals surface area contributed by atoms with Crippen molar-refractivity contribution >= 4 is 5.78 Å². The summed E-state index contributed by atoms with van der Waals surface area (Å²) in [5.74, 6) is -0.0836.